The summed E-state index contributed by atoms with van der Waals surface area (Å²) in [7, 11) is 1.37. The van der Waals surface area contributed by atoms with Crippen molar-refractivity contribution in [2.45, 2.75) is 26.1 Å². The van der Waals surface area contributed by atoms with Crippen LogP contribution in [-0.4, -0.2) is 31.1 Å². The van der Waals surface area contributed by atoms with Gasteiger partial charge in [0.2, 0.25) is 0 Å². The van der Waals surface area contributed by atoms with Crippen molar-refractivity contribution in [2.75, 3.05) is 19.0 Å². The van der Waals surface area contributed by atoms with E-state index in [1.165, 1.54) is 13.2 Å². The van der Waals surface area contributed by atoms with Crippen LogP contribution in [0.3, 0.4) is 0 Å². The third-order valence-corrected chi connectivity index (χ3v) is 4.50. The number of methoxy groups -OCH3 is 1. The number of alkyl halides is 2. The van der Waals surface area contributed by atoms with Gasteiger partial charge in [0.25, 0.3) is 5.91 Å². The maximum absolute atomic E-state index is 13.0. The van der Waals surface area contributed by atoms with E-state index in [1.807, 2.05) is 6.92 Å². The first kappa shape index (κ1) is 19.2. The van der Waals surface area contributed by atoms with Gasteiger partial charge in [-0.3, -0.25) is 4.79 Å². The van der Waals surface area contributed by atoms with Crippen LogP contribution < -0.4 is 14.8 Å². The number of carbonyl (C=O) groups excluding carboxylic acids is 1. The van der Waals surface area contributed by atoms with Crippen LogP contribution in [0.5, 0.6) is 11.5 Å². The van der Waals surface area contributed by atoms with E-state index in [1.54, 1.807) is 35.2 Å². The average Bonchev–Trinajstić information content (AvgIpc) is 2.63. The highest BCUT2D eigenvalue weighted by molar-refractivity contribution is 6.31. The van der Waals surface area contributed by atoms with Crippen molar-refractivity contribution >= 4 is 23.2 Å². The molecule has 2 aromatic rings. The van der Waals surface area contributed by atoms with Gasteiger partial charge in [0, 0.05) is 11.6 Å². The van der Waals surface area contributed by atoms with E-state index in [9.17, 15) is 13.6 Å². The minimum absolute atomic E-state index is 0.0659. The van der Waals surface area contributed by atoms with Crippen LogP contribution in [0.25, 0.3) is 0 Å². The molecule has 1 aliphatic rings. The summed E-state index contributed by atoms with van der Waals surface area (Å²) in [4.78, 5) is 14.6. The van der Waals surface area contributed by atoms with Gasteiger partial charge in [-0.1, -0.05) is 24.6 Å². The maximum Gasteiger partial charge on any atom is 0.387 e. The first-order valence-corrected chi connectivity index (χ1v) is 8.82. The molecule has 1 aliphatic heterocycles. The van der Waals surface area contributed by atoms with E-state index in [4.69, 9.17) is 16.3 Å². The second-order valence-corrected chi connectivity index (χ2v) is 6.46. The number of anilines is 1. The van der Waals surface area contributed by atoms with Gasteiger partial charge in [0.05, 0.1) is 18.4 Å². The van der Waals surface area contributed by atoms with Crippen LogP contribution in [-0.2, 0) is 0 Å². The first-order chi connectivity index (χ1) is 12.9. The highest BCUT2D eigenvalue weighted by Gasteiger charge is 2.33. The minimum Gasteiger partial charge on any atom is -0.493 e. The molecule has 27 heavy (non-hydrogen) atoms. The number of amides is 1. The number of halogens is 3. The monoisotopic (exact) mass is 396 g/mol. The predicted molar refractivity (Wildman–Crippen MR) is 98.8 cm³/mol. The highest BCUT2D eigenvalue weighted by Crippen LogP contribution is 2.38. The zero-order chi connectivity index (χ0) is 19.6. The molecule has 8 heteroatoms. The van der Waals surface area contributed by atoms with Gasteiger partial charge in [0.15, 0.2) is 11.5 Å². The Hall–Kier alpha value is -2.54. The molecule has 144 valence electrons. The standard InChI is InChI=1S/C19H19ClF2N2O3/c1-3-8-24-17(23-14-10-12(20)5-6-13(14)18(24)25)11-4-7-15(27-19(21)22)16(9-11)26-2/h4-7,9-10,17,19,23H,3,8H2,1-2H3. The van der Waals surface area contributed by atoms with Gasteiger partial charge < -0.3 is 19.7 Å². The summed E-state index contributed by atoms with van der Waals surface area (Å²) in [6.45, 7) is -0.456. The van der Waals surface area contributed by atoms with E-state index in [-0.39, 0.29) is 17.4 Å². The minimum atomic E-state index is -2.95. The lowest BCUT2D eigenvalue weighted by molar-refractivity contribution is -0.0512. The lowest BCUT2D eigenvalue weighted by atomic mass is 10.0. The summed E-state index contributed by atoms with van der Waals surface area (Å²) in [5, 5.41) is 3.82. The van der Waals surface area contributed by atoms with Gasteiger partial charge in [-0.05, 0) is 42.3 Å². The third kappa shape index (κ3) is 3.93. The zero-order valence-corrected chi connectivity index (χ0v) is 15.6. The van der Waals surface area contributed by atoms with Gasteiger partial charge in [-0.15, -0.1) is 0 Å². The summed E-state index contributed by atoms with van der Waals surface area (Å²) in [6, 6.07) is 9.67. The fourth-order valence-electron chi connectivity index (χ4n) is 3.10. The molecule has 1 atom stereocenters. The van der Waals surface area contributed by atoms with Crippen LogP contribution in [0.4, 0.5) is 14.5 Å². The molecule has 5 nitrogen and oxygen atoms in total. The lowest BCUT2D eigenvalue weighted by Crippen LogP contribution is -2.43. The topological polar surface area (TPSA) is 50.8 Å². The van der Waals surface area contributed by atoms with E-state index >= 15 is 0 Å². The molecule has 1 unspecified atom stereocenters. The van der Waals surface area contributed by atoms with Crippen molar-refractivity contribution in [1.29, 1.82) is 0 Å². The number of hydrogen-bond acceptors (Lipinski definition) is 4. The Morgan fingerprint density at radius 3 is 2.67 bits per heavy atom. The van der Waals surface area contributed by atoms with Crippen molar-refractivity contribution in [3.05, 3.63) is 52.5 Å². The van der Waals surface area contributed by atoms with E-state index in [0.717, 1.165) is 6.42 Å². The molecular formula is C19H19ClF2N2O3. The fourth-order valence-corrected chi connectivity index (χ4v) is 3.27. The molecule has 3 rings (SSSR count). The molecule has 2 aromatic carbocycles. The molecule has 0 spiro atoms. The molecular weight excluding hydrogens is 378 g/mol. The number of rotatable bonds is 6. The number of nitrogens with zero attached hydrogens (tertiary/aromatic N) is 1. The molecule has 0 aliphatic carbocycles. The van der Waals surface area contributed by atoms with E-state index in [0.29, 0.717) is 28.4 Å². The van der Waals surface area contributed by atoms with Gasteiger partial charge in [0.1, 0.15) is 6.17 Å². The van der Waals surface area contributed by atoms with Crippen LogP contribution >= 0.6 is 11.6 Å². The van der Waals surface area contributed by atoms with E-state index < -0.39 is 12.8 Å². The summed E-state index contributed by atoms with van der Waals surface area (Å²) in [5.41, 5.74) is 1.84. The Bertz CT molecular complexity index is 848. The Morgan fingerprint density at radius 1 is 1.22 bits per heavy atom. The van der Waals surface area contributed by atoms with Crippen LogP contribution in [0.2, 0.25) is 5.02 Å². The van der Waals surface area contributed by atoms with Crippen molar-refractivity contribution in [3.8, 4) is 11.5 Å². The van der Waals surface area contributed by atoms with Crippen molar-refractivity contribution in [2.24, 2.45) is 0 Å². The largest absolute Gasteiger partial charge is 0.493 e. The second-order valence-electron chi connectivity index (χ2n) is 6.02. The lowest BCUT2D eigenvalue weighted by Gasteiger charge is -2.38. The number of fused-ring (bicyclic) bond motifs is 1. The van der Waals surface area contributed by atoms with Gasteiger partial charge in [-0.25, -0.2) is 0 Å². The van der Waals surface area contributed by atoms with E-state index in [2.05, 4.69) is 10.1 Å². The molecule has 1 heterocycles. The molecule has 1 amide bonds. The highest BCUT2D eigenvalue weighted by atomic mass is 35.5. The average molecular weight is 397 g/mol. The third-order valence-electron chi connectivity index (χ3n) is 4.26. The quantitative estimate of drug-likeness (QED) is 0.752. The summed E-state index contributed by atoms with van der Waals surface area (Å²) < 4.78 is 34.8. The first-order valence-electron chi connectivity index (χ1n) is 8.44. The Morgan fingerprint density at radius 2 is 2.00 bits per heavy atom. The smallest absolute Gasteiger partial charge is 0.387 e. The van der Waals surface area contributed by atoms with Crippen molar-refractivity contribution in [1.82, 2.24) is 4.90 Å². The number of hydrogen-bond donors (Lipinski definition) is 1. The zero-order valence-electron chi connectivity index (χ0n) is 14.8. The summed E-state index contributed by atoms with van der Waals surface area (Å²) >= 11 is 6.06. The molecule has 0 aromatic heterocycles. The molecule has 0 radical (unpaired) electrons. The molecule has 0 saturated carbocycles. The fraction of sp³-hybridized carbons (Fsp3) is 0.316. The number of carbonyl (C=O) groups is 1. The van der Waals surface area contributed by atoms with Crippen LogP contribution in [0.1, 0.15) is 35.4 Å². The molecule has 0 fully saturated rings. The predicted octanol–water partition coefficient (Wildman–Crippen LogP) is 4.93. The number of nitrogens with one attached hydrogen (secondary N) is 1. The normalized spacial score (nSPS) is 16.1. The second kappa shape index (κ2) is 8.00. The maximum atomic E-state index is 13.0. The van der Waals surface area contributed by atoms with Crippen LogP contribution in [0, 0.1) is 0 Å². The van der Waals surface area contributed by atoms with Gasteiger partial charge >= 0.3 is 6.61 Å². The van der Waals surface area contributed by atoms with Crippen molar-refractivity contribution in [3.63, 3.8) is 0 Å². The van der Waals surface area contributed by atoms with Crippen molar-refractivity contribution < 1.29 is 23.0 Å². The number of ether oxygens (including phenoxy) is 2. The Kier molecular flexibility index (Phi) is 5.70. The number of benzene rings is 2. The Balaban J connectivity index is 2.01. The molecule has 0 saturated heterocycles. The summed E-state index contributed by atoms with van der Waals surface area (Å²) in [5.74, 6) is -0.0293. The SMILES string of the molecule is CCCN1C(=O)c2ccc(Cl)cc2NC1c1ccc(OC(F)F)c(OC)c1. The van der Waals surface area contributed by atoms with Gasteiger partial charge in [-0.2, -0.15) is 8.78 Å². The summed E-state index contributed by atoms with van der Waals surface area (Å²) in [6.07, 6.45) is 0.272. The molecule has 1 N–H and O–H groups in total. The Labute approximate surface area is 160 Å². The van der Waals surface area contributed by atoms with Crippen LogP contribution in [0.15, 0.2) is 36.4 Å². The molecule has 0 bridgehead atoms.